The molecule has 0 radical (unpaired) electrons. The smallest absolute Gasteiger partial charge is 0.387 e. The molecule has 6 heteroatoms. The fourth-order valence-electron chi connectivity index (χ4n) is 2.06. The molecule has 1 aliphatic heterocycles. The molecule has 1 aromatic carbocycles. The summed E-state index contributed by atoms with van der Waals surface area (Å²) in [6.07, 6.45) is 1.58. The molecule has 0 aliphatic carbocycles. The number of amides is 1. The SMILES string of the molecule is NC1CCN(C(=O)c2ccc(OC(F)F)cc2)CC1. The van der Waals surface area contributed by atoms with Crippen LogP contribution in [-0.4, -0.2) is 36.5 Å². The minimum Gasteiger partial charge on any atom is -0.435 e. The Balaban J connectivity index is 1.99. The molecular formula is C13H16F2N2O2. The summed E-state index contributed by atoms with van der Waals surface area (Å²) in [5, 5.41) is 0. The number of alkyl halides is 2. The normalized spacial score (nSPS) is 16.7. The highest BCUT2D eigenvalue weighted by Gasteiger charge is 2.21. The summed E-state index contributed by atoms with van der Waals surface area (Å²) in [6, 6.07) is 5.89. The average molecular weight is 270 g/mol. The van der Waals surface area contributed by atoms with E-state index in [4.69, 9.17) is 5.73 Å². The zero-order valence-electron chi connectivity index (χ0n) is 10.4. The number of rotatable bonds is 3. The quantitative estimate of drug-likeness (QED) is 0.912. The zero-order valence-corrected chi connectivity index (χ0v) is 10.4. The first-order valence-corrected chi connectivity index (χ1v) is 6.16. The second-order valence-corrected chi connectivity index (χ2v) is 4.53. The Bertz CT molecular complexity index is 429. The first-order valence-electron chi connectivity index (χ1n) is 6.16. The molecule has 1 amide bonds. The lowest BCUT2D eigenvalue weighted by atomic mass is 10.0. The third kappa shape index (κ3) is 3.64. The predicted molar refractivity (Wildman–Crippen MR) is 66.2 cm³/mol. The number of likely N-dealkylation sites (tertiary alicyclic amines) is 1. The number of nitrogens with zero attached hydrogens (tertiary/aromatic N) is 1. The summed E-state index contributed by atoms with van der Waals surface area (Å²) in [5.41, 5.74) is 6.25. The largest absolute Gasteiger partial charge is 0.435 e. The Kier molecular flexibility index (Phi) is 4.31. The Morgan fingerprint density at radius 3 is 2.37 bits per heavy atom. The summed E-state index contributed by atoms with van der Waals surface area (Å²) in [5.74, 6) is -0.0530. The molecule has 4 nitrogen and oxygen atoms in total. The van der Waals surface area contributed by atoms with Crippen molar-refractivity contribution < 1.29 is 18.3 Å². The summed E-state index contributed by atoms with van der Waals surface area (Å²) in [4.78, 5) is 13.9. The number of hydrogen-bond acceptors (Lipinski definition) is 3. The minimum absolute atomic E-state index is 0.0483. The maximum absolute atomic E-state index is 12.1. The van der Waals surface area contributed by atoms with Gasteiger partial charge in [-0.15, -0.1) is 0 Å². The second kappa shape index (κ2) is 5.97. The van der Waals surface area contributed by atoms with E-state index in [0.717, 1.165) is 12.8 Å². The van der Waals surface area contributed by atoms with Crippen molar-refractivity contribution in [3.8, 4) is 5.75 Å². The third-order valence-electron chi connectivity index (χ3n) is 3.15. The Morgan fingerprint density at radius 1 is 1.26 bits per heavy atom. The van der Waals surface area contributed by atoms with Gasteiger partial charge in [-0.3, -0.25) is 4.79 Å². The molecule has 2 rings (SSSR count). The van der Waals surface area contributed by atoms with Crippen molar-refractivity contribution in [2.24, 2.45) is 5.73 Å². The van der Waals surface area contributed by atoms with Crippen LogP contribution in [0.15, 0.2) is 24.3 Å². The Labute approximate surface area is 110 Å². The van der Waals surface area contributed by atoms with Crippen LogP contribution in [0.5, 0.6) is 5.75 Å². The lowest BCUT2D eigenvalue weighted by Gasteiger charge is -2.30. The number of halogens is 2. The molecule has 0 unspecified atom stereocenters. The topological polar surface area (TPSA) is 55.6 Å². The maximum Gasteiger partial charge on any atom is 0.387 e. The van der Waals surface area contributed by atoms with Crippen LogP contribution in [0.1, 0.15) is 23.2 Å². The van der Waals surface area contributed by atoms with E-state index < -0.39 is 6.61 Å². The van der Waals surface area contributed by atoms with Crippen molar-refractivity contribution in [3.63, 3.8) is 0 Å². The van der Waals surface area contributed by atoms with E-state index in [2.05, 4.69) is 4.74 Å². The van der Waals surface area contributed by atoms with Crippen LogP contribution >= 0.6 is 0 Å². The average Bonchev–Trinajstić information content (AvgIpc) is 2.39. The van der Waals surface area contributed by atoms with Crippen molar-refractivity contribution in [1.29, 1.82) is 0 Å². The van der Waals surface area contributed by atoms with Crippen LogP contribution in [0.2, 0.25) is 0 Å². The van der Waals surface area contributed by atoms with Crippen LogP contribution in [0.25, 0.3) is 0 Å². The number of benzene rings is 1. The van der Waals surface area contributed by atoms with Gasteiger partial charge in [0.25, 0.3) is 5.91 Å². The lowest BCUT2D eigenvalue weighted by molar-refractivity contribution is -0.0498. The molecule has 1 fully saturated rings. The van der Waals surface area contributed by atoms with Gasteiger partial charge in [0, 0.05) is 24.7 Å². The fraction of sp³-hybridized carbons (Fsp3) is 0.462. The van der Waals surface area contributed by atoms with Gasteiger partial charge in [0.1, 0.15) is 5.75 Å². The van der Waals surface area contributed by atoms with E-state index in [1.54, 1.807) is 4.90 Å². The molecule has 1 aromatic rings. The first-order chi connectivity index (χ1) is 9.06. The van der Waals surface area contributed by atoms with Crippen LogP contribution in [-0.2, 0) is 0 Å². The van der Waals surface area contributed by atoms with Crippen LogP contribution in [0.4, 0.5) is 8.78 Å². The molecule has 1 aliphatic rings. The number of carbonyl (C=O) groups is 1. The van der Waals surface area contributed by atoms with Gasteiger partial charge in [-0.05, 0) is 37.1 Å². The van der Waals surface area contributed by atoms with E-state index in [1.165, 1.54) is 24.3 Å². The van der Waals surface area contributed by atoms with Gasteiger partial charge < -0.3 is 15.4 Å². The van der Waals surface area contributed by atoms with Gasteiger partial charge >= 0.3 is 6.61 Å². The van der Waals surface area contributed by atoms with Crippen molar-refractivity contribution >= 4 is 5.91 Å². The summed E-state index contributed by atoms with van der Waals surface area (Å²) >= 11 is 0. The Morgan fingerprint density at radius 2 is 1.84 bits per heavy atom. The standard InChI is InChI=1S/C13H16F2N2O2/c14-13(15)19-11-3-1-9(2-4-11)12(18)17-7-5-10(16)6-8-17/h1-4,10,13H,5-8,16H2. The van der Waals surface area contributed by atoms with Crippen LogP contribution < -0.4 is 10.5 Å². The Hall–Kier alpha value is -1.69. The highest BCUT2D eigenvalue weighted by molar-refractivity contribution is 5.94. The van der Waals surface area contributed by atoms with Crippen LogP contribution in [0.3, 0.4) is 0 Å². The lowest BCUT2D eigenvalue weighted by Crippen LogP contribution is -2.42. The molecule has 0 atom stereocenters. The van der Waals surface area contributed by atoms with Crippen LogP contribution in [0, 0.1) is 0 Å². The van der Waals surface area contributed by atoms with Gasteiger partial charge in [-0.1, -0.05) is 0 Å². The van der Waals surface area contributed by atoms with Gasteiger partial charge in [0.2, 0.25) is 0 Å². The monoisotopic (exact) mass is 270 g/mol. The maximum atomic E-state index is 12.1. The van der Waals surface area contributed by atoms with E-state index in [0.29, 0.717) is 18.7 Å². The van der Waals surface area contributed by atoms with Gasteiger partial charge in [0.15, 0.2) is 0 Å². The molecule has 1 heterocycles. The van der Waals surface area contributed by atoms with Crippen molar-refractivity contribution in [1.82, 2.24) is 4.90 Å². The molecule has 1 saturated heterocycles. The molecular weight excluding hydrogens is 254 g/mol. The summed E-state index contributed by atoms with van der Waals surface area (Å²) in [7, 11) is 0. The molecule has 0 saturated carbocycles. The highest BCUT2D eigenvalue weighted by Crippen LogP contribution is 2.17. The number of ether oxygens (including phenoxy) is 1. The number of nitrogens with two attached hydrogens (primary N) is 1. The second-order valence-electron chi connectivity index (χ2n) is 4.53. The molecule has 19 heavy (non-hydrogen) atoms. The predicted octanol–water partition coefficient (Wildman–Crippen LogP) is 1.85. The summed E-state index contributed by atoms with van der Waals surface area (Å²) in [6.45, 7) is -1.59. The van der Waals surface area contributed by atoms with Crippen molar-refractivity contribution in [2.45, 2.75) is 25.5 Å². The molecule has 2 N–H and O–H groups in total. The van der Waals surface area contributed by atoms with Crippen molar-refractivity contribution in [2.75, 3.05) is 13.1 Å². The molecule has 104 valence electrons. The van der Waals surface area contributed by atoms with Gasteiger partial charge in [0.05, 0.1) is 0 Å². The highest BCUT2D eigenvalue weighted by atomic mass is 19.3. The summed E-state index contributed by atoms with van der Waals surface area (Å²) < 4.78 is 28.2. The molecule has 0 bridgehead atoms. The van der Waals surface area contributed by atoms with E-state index in [1.807, 2.05) is 0 Å². The van der Waals surface area contributed by atoms with E-state index in [-0.39, 0.29) is 17.7 Å². The number of hydrogen-bond donors (Lipinski definition) is 1. The molecule has 0 spiro atoms. The van der Waals surface area contributed by atoms with Gasteiger partial charge in [-0.25, -0.2) is 0 Å². The zero-order chi connectivity index (χ0) is 13.8. The number of carbonyl (C=O) groups excluding carboxylic acids is 1. The third-order valence-corrected chi connectivity index (χ3v) is 3.15. The van der Waals surface area contributed by atoms with Gasteiger partial charge in [-0.2, -0.15) is 8.78 Å². The van der Waals surface area contributed by atoms with Crippen molar-refractivity contribution in [3.05, 3.63) is 29.8 Å². The minimum atomic E-state index is -2.86. The van der Waals surface area contributed by atoms with E-state index >= 15 is 0 Å². The molecule has 0 aromatic heterocycles. The van der Waals surface area contributed by atoms with E-state index in [9.17, 15) is 13.6 Å². The first kappa shape index (κ1) is 13.7. The fourth-order valence-corrected chi connectivity index (χ4v) is 2.06. The number of piperidine rings is 1.